The van der Waals surface area contributed by atoms with Crippen LogP contribution in [0.1, 0.15) is 5.56 Å². The van der Waals surface area contributed by atoms with E-state index >= 15 is 0 Å². The van der Waals surface area contributed by atoms with Crippen LogP contribution in [0.5, 0.6) is 0 Å². The summed E-state index contributed by atoms with van der Waals surface area (Å²) in [7, 11) is 0. The van der Waals surface area contributed by atoms with Gasteiger partial charge in [0.2, 0.25) is 12.2 Å². The van der Waals surface area contributed by atoms with Crippen LogP contribution in [0.25, 0.3) is 6.08 Å². The van der Waals surface area contributed by atoms with Crippen molar-refractivity contribution in [3.05, 3.63) is 42.0 Å². The highest BCUT2D eigenvalue weighted by Crippen LogP contribution is 2.03. The van der Waals surface area contributed by atoms with Crippen LogP contribution in [0.15, 0.2) is 36.4 Å². The molecule has 0 saturated carbocycles. The first kappa shape index (κ1) is 15.0. The molecule has 3 amide bonds. The molecule has 1 aromatic heterocycles. The van der Waals surface area contributed by atoms with E-state index < -0.39 is 18.5 Å². The quantitative estimate of drug-likeness (QED) is 0.770. The van der Waals surface area contributed by atoms with Crippen LogP contribution in [0.4, 0.5) is 10.7 Å². The molecular formula is C13H11N6O3. The summed E-state index contributed by atoms with van der Waals surface area (Å²) in [5.41, 5.74) is 0.783. The molecule has 2 aromatic rings. The minimum absolute atomic E-state index is 0.0410. The van der Waals surface area contributed by atoms with Gasteiger partial charge in [-0.15, -0.1) is 0 Å². The van der Waals surface area contributed by atoms with Crippen molar-refractivity contribution in [2.24, 2.45) is 0 Å². The van der Waals surface area contributed by atoms with Gasteiger partial charge in [0.15, 0.2) is 0 Å². The van der Waals surface area contributed by atoms with Crippen molar-refractivity contribution in [2.75, 3.05) is 11.9 Å². The van der Waals surface area contributed by atoms with Gasteiger partial charge in [0.1, 0.15) is 0 Å². The molecule has 0 aliphatic rings. The molecule has 9 nitrogen and oxygen atoms in total. The summed E-state index contributed by atoms with van der Waals surface area (Å²) >= 11 is 0. The van der Waals surface area contributed by atoms with Crippen molar-refractivity contribution in [1.82, 2.24) is 25.5 Å². The number of anilines is 1. The first-order valence-corrected chi connectivity index (χ1v) is 6.15. The van der Waals surface area contributed by atoms with E-state index in [0.29, 0.717) is 4.90 Å². The maximum Gasteiger partial charge on any atom is 0.331 e. The number of nitrogens with one attached hydrogen (secondary N) is 2. The summed E-state index contributed by atoms with van der Waals surface area (Å²) in [5, 5.41) is 14.5. The number of aromatic amines is 1. The Morgan fingerprint density at radius 3 is 2.73 bits per heavy atom. The number of carbonyl (C=O) groups is 2. The summed E-state index contributed by atoms with van der Waals surface area (Å²) < 4.78 is 0. The summed E-state index contributed by atoms with van der Waals surface area (Å²) in [5.74, 6) is -0.710. The predicted octanol–water partition coefficient (Wildman–Crippen LogP) is 0.383. The second-order valence-electron chi connectivity index (χ2n) is 3.99. The number of tetrazole rings is 1. The Labute approximate surface area is 125 Å². The highest BCUT2D eigenvalue weighted by Gasteiger charge is 2.20. The molecule has 111 valence electrons. The molecule has 1 radical (unpaired) electrons. The van der Waals surface area contributed by atoms with E-state index in [1.54, 1.807) is 12.1 Å². The average molecular weight is 299 g/mol. The fraction of sp³-hybridized carbons (Fsp3) is 0.0769. The average Bonchev–Trinajstić information content (AvgIpc) is 3.04. The smallest absolute Gasteiger partial charge is 0.289 e. The van der Waals surface area contributed by atoms with Crippen LogP contribution >= 0.6 is 0 Å². The van der Waals surface area contributed by atoms with Crippen LogP contribution in [0.3, 0.4) is 0 Å². The first-order valence-electron chi connectivity index (χ1n) is 6.15. The van der Waals surface area contributed by atoms with Crippen LogP contribution in [0.2, 0.25) is 0 Å². The molecule has 0 saturated heterocycles. The number of amides is 3. The third-order valence-corrected chi connectivity index (χ3v) is 2.52. The van der Waals surface area contributed by atoms with E-state index in [2.05, 4.69) is 25.9 Å². The monoisotopic (exact) mass is 299 g/mol. The van der Waals surface area contributed by atoms with Crippen molar-refractivity contribution in [3.63, 3.8) is 0 Å². The van der Waals surface area contributed by atoms with Gasteiger partial charge in [-0.25, -0.2) is 9.89 Å². The summed E-state index contributed by atoms with van der Waals surface area (Å²) in [6, 6.07) is 8.20. The van der Waals surface area contributed by atoms with Crippen LogP contribution in [-0.4, -0.2) is 50.3 Å². The van der Waals surface area contributed by atoms with Crippen LogP contribution in [-0.2, 0) is 9.59 Å². The SMILES string of the molecule is O=[C]CN(C(=O)/C=C/c1ccccc1)C(=O)Nc1nnn[nH]1. The molecular weight excluding hydrogens is 288 g/mol. The van der Waals surface area contributed by atoms with Gasteiger partial charge in [-0.3, -0.25) is 19.8 Å². The van der Waals surface area contributed by atoms with Crippen molar-refractivity contribution in [2.45, 2.75) is 0 Å². The number of imide groups is 1. The first-order chi connectivity index (χ1) is 10.7. The van der Waals surface area contributed by atoms with Gasteiger partial charge in [0.25, 0.3) is 5.91 Å². The third-order valence-electron chi connectivity index (χ3n) is 2.52. The van der Waals surface area contributed by atoms with Crippen molar-refractivity contribution < 1.29 is 14.4 Å². The largest absolute Gasteiger partial charge is 0.331 e. The Bertz CT molecular complexity index is 668. The van der Waals surface area contributed by atoms with Crippen LogP contribution in [0, 0.1) is 0 Å². The molecule has 22 heavy (non-hydrogen) atoms. The zero-order valence-electron chi connectivity index (χ0n) is 11.3. The molecule has 0 fully saturated rings. The number of H-pyrrole nitrogens is 1. The lowest BCUT2D eigenvalue weighted by molar-refractivity contribution is -0.122. The maximum atomic E-state index is 12.0. The van der Waals surface area contributed by atoms with E-state index in [0.717, 1.165) is 5.56 Å². The molecule has 2 N–H and O–H groups in total. The molecule has 9 heteroatoms. The van der Waals surface area contributed by atoms with Gasteiger partial charge in [-0.05, 0) is 22.1 Å². The second kappa shape index (κ2) is 7.43. The second-order valence-corrected chi connectivity index (χ2v) is 3.99. The molecule has 0 unspecified atom stereocenters. The number of hydrogen-bond donors (Lipinski definition) is 2. The van der Waals surface area contributed by atoms with Crippen molar-refractivity contribution in [1.29, 1.82) is 0 Å². The zero-order chi connectivity index (χ0) is 15.8. The Hall–Kier alpha value is -3.36. The van der Waals surface area contributed by atoms with E-state index in [1.807, 2.05) is 18.2 Å². The fourth-order valence-corrected chi connectivity index (χ4v) is 1.52. The molecule has 1 heterocycles. The molecule has 0 aliphatic carbocycles. The highest BCUT2D eigenvalue weighted by molar-refractivity contribution is 6.07. The summed E-state index contributed by atoms with van der Waals surface area (Å²) in [6.45, 7) is -0.509. The van der Waals surface area contributed by atoms with Gasteiger partial charge in [-0.1, -0.05) is 35.4 Å². The predicted molar refractivity (Wildman–Crippen MR) is 76.1 cm³/mol. The number of hydrogen-bond acceptors (Lipinski definition) is 6. The van der Waals surface area contributed by atoms with Gasteiger partial charge >= 0.3 is 6.03 Å². The molecule has 0 atom stereocenters. The van der Waals surface area contributed by atoms with Crippen molar-refractivity contribution >= 4 is 30.2 Å². The molecule has 1 aromatic carbocycles. The number of nitrogens with zero attached hydrogens (tertiary/aromatic N) is 4. The molecule has 0 aliphatic heterocycles. The summed E-state index contributed by atoms with van der Waals surface area (Å²) in [6.07, 6.45) is 4.22. The molecule has 2 rings (SSSR count). The Balaban J connectivity index is 2.06. The standard InChI is InChI=1S/C13H11N6O3/c20-9-8-19(13(22)14-12-15-17-18-16-12)11(21)7-6-10-4-2-1-3-5-10/h1-7H,8H2,(H2,14,15,16,17,18,22)/b7-6+. The number of urea groups is 1. The zero-order valence-corrected chi connectivity index (χ0v) is 11.3. The fourth-order valence-electron chi connectivity index (χ4n) is 1.52. The Morgan fingerprint density at radius 1 is 1.32 bits per heavy atom. The van der Waals surface area contributed by atoms with E-state index in [4.69, 9.17) is 0 Å². The van der Waals surface area contributed by atoms with E-state index in [9.17, 15) is 14.4 Å². The minimum Gasteiger partial charge on any atom is -0.289 e. The minimum atomic E-state index is -0.843. The van der Waals surface area contributed by atoms with Crippen molar-refractivity contribution in [3.8, 4) is 0 Å². The third kappa shape index (κ3) is 4.07. The van der Waals surface area contributed by atoms with Crippen LogP contribution < -0.4 is 5.32 Å². The normalized spacial score (nSPS) is 10.4. The summed E-state index contributed by atoms with van der Waals surface area (Å²) in [4.78, 5) is 35.1. The van der Waals surface area contributed by atoms with E-state index in [-0.39, 0.29) is 5.95 Å². The number of carbonyl (C=O) groups excluding carboxylic acids is 3. The highest BCUT2D eigenvalue weighted by atomic mass is 16.2. The molecule has 0 bridgehead atoms. The molecule has 0 spiro atoms. The van der Waals surface area contributed by atoms with Gasteiger partial charge in [0, 0.05) is 6.08 Å². The number of rotatable bonds is 5. The Kier molecular flexibility index (Phi) is 5.08. The maximum absolute atomic E-state index is 12.0. The Morgan fingerprint density at radius 2 is 2.09 bits per heavy atom. The topological polar surface area (TPSA) is 121 Å². The number of aromatic nitrogens is 4. The lowest BCUT2D eigenvalue weighted by atomic mass is 10.2. The number of benzene rings is 1. The lowest BCUT2D eigenvalue weighted by Gasteiger charge is -2.15. The lowest BCUT2D eigenvalue weighted by Crippen LogP contribution is -2.40. The van der Waals surface area contributed by atoms with Gasteiger partial charge < -0.3 is 0 Å². The van der Waals surface area contributed by atoms with Gasteiger partial charge in [0.05, 0.1) is 6.54 Å². The van der Waals surface area contributed by atoms with Gasteiger partial charge in [-0.2, -0.15) is 0 Å². The van der Waals surface area contributed by atoms with E-state index in [1.165, 1.54) is 18.4 Å².